The van der Waals surface area contributed by atoms with Crippen LogP contribution in [-0.2, 0) is 4.79 Å². The lowest BCUT2D eigenvalue weighted by Gasteiger charge is -2.26. The van der Waals surface area contributed by atoms with E-state index in [2.05, 4.69) is 20.6 Å². The number of nitrogen functional groups attached to an aromatic ring is 1. The normalized spacial score (nSPS) is 13.0. The number of carbonyl (C=O) groups excluding carboxylic acids is 2. The van der Waals surface area contributed by atoms with E-state index in [1.165, 1.54) is 18.2 Å². The van der Waals surface area contributed by atoms with E-state index in [-0.39, 0.29) is 76.3 Å². The fourth-order valence-electron chi connectivity index (χ4n) is 3.84. The van der Waals surface area contributed by atoms with Crippen molar-refractivity contribution in [1.29, 1.82) is 5.41 Å². The monoisotopic (exact) mass is 562 g/mol. The van der Waals surface area contributed by atoms with Crippen molar-refractivity contribution in [3.05, 3.63) is 59.2 Å². The molecular formula is C27H30N8O6. The molecule has 0 radical (unpaired) electrons. The summed E-state index contributed by atoms with van der Waals surface area (Å²) < 4.78 is 11.7. The molecular weight excluding hydrogens is 532 g/mol. The molecule has 4 rings (SSSR count). The Morgan fingerprint density at radius 2 is 1.88 bits per heavy atom. The van der Waals surface area contributed by atoms with E-state index in [4.69, 9.17) is 20.6 Å². The first-order chi connectivity index (χ1) is 19.4. The number of ether oxygens (including phenoxy) is 2. The van der Waals surface area contributed by atoms with E-state index in [0.29, 0.717) is 12.1 Å². The SMILES string of the molecule is CC(CN(C)C(=O)c1cccc(Oc2nc(Oc3cc(C(=N)N)ccc3C(=O)O)nc3c2NC(=O)CN3)c1)N(C)C. The number of aromatic nitrogens is 2. The molecule has 0 saturated heterocycles. The van der Waals surface area contributed by atoms with Crippen LogP contribution in [-0.4, -0.2) is 88.8 Å². The number of aromatic carboxylic acids is 1. The maximum atomic E-state index is 13.1. The van der Waals surface area contributed by atoms with Gasteiger partial charge in [-0.05, 0) is 51.4 Å². The van der Waals surface area contributed by atoms with E-state index < -0.39 is 5.97 Å². The van der Waals surface area contributed by atoms with E-state index >= 15 is 0 Å². The number of nitrogens with two attached hydrogens (primary N) is 1. The number of rotatable bonds is 10. The summed E-state index contributed by atoms with van der Waals surface area (Å²) in [6, 6.07) is 10.2. The minimum Gasteiger partial charge on any atom is -0.478 e. The van der Waals surface area contributed by atoms with Gasteiger partial charge in [-0.1, -0.05) is 12.1 Å². The molecule has 14 nitrogen and oxygen atoms in total. The van der Waals surface area contributed by atoms with Gasteiger partial charge < -0.3 is 40.7 Å². The average Bonchev–Trinajstić information content (AvgIpc) is 2.92. The second kappa shape index (κ2) is 11.9. The highest BCUT2D eigenvalue weighted by molar-refractivity contribution is 6.01. The number of carboxylic acids is 1. The molecule has 2 amide bonds. The standard InChI is InChI=1S/C27H30N8O6/c1-14(34(2)3)13-35(4)25(37)16-6-5-7-17(10-16)40-24-21-23(30-12-20(36)31-21)32-27(33-24)41-19-11-15(22(28)29)8-9-18(19)26(38)39/h5-11,14H,12-13H2,1-4H3,(H3,28,29)(H,31,36)(H,38,39)(H,30,32,33). The average molecular weight is 563 g/mol. The summed E-state index contributed by atoms with van der Waals surface area (Å²) in [6.07, 6.45) is 0. The number of hydrogen-bond acceptors (Lipinski definition) is 10. The Hall–Kier alpha value is -5.24. The summed E-state index contributed by atoms with van der Waals surface area (Å²) in [5, 5.41) is 22.8. The molecule has 0 aliphatic carbocycles. The van der Waals surface area contributed by atoms with Gasteiger partial charge in [-0.25, -0.2) is 4.79 Å². The molecule has 41 heavy (non-hydrogen) atoms. The lowest BCUT2D eigenvalue weighted by Crippen LogP contribution is -2.39. The number of carboxylic acid groups (broad SMARTS) is 1. The second-order valence-corrected chi connectivity index (χ2v) is 9.60. The number of nitrogens with one attached hydrogen (secondary N) is 3. The van der Waals surface area contributed by atoms with Crippen LogP contribution in [0.3, 0.4) is 0 Å². The van der Waals surface area contributed by atoms with Crippen molar-refractivity contribution in [2.24, 2.45) is 5.73 Å². The van der Waals surface area contributed by atoms with Crippen molar-refractivity contribution in [3.8, 4) is 23.4 Å². The highest BCUT2D eigenvalue weighted by Crippen LogP contribution is 2.38. The van der Waals surface area contributed by atoms with Gasteiger partial charge in [0.15, 0.2) is 5.82 Å². The van der Waals surface area contributed by atoms with E-state index in [9.17, 15) is 19.5 Å². The van der Waals surface area contributed by atoms with Crippen LogP contribution >= 0.6 is 0 Å². The lowest BCUT2D eigenvalue weighted by atomic mass is 10.1. The minimum atomic E-state index is -1.28. The molecule has 1 aliphatic rings. The maximum Gasteiger partial charge on any atom is 0.339 e. The van der Waals surface area contributed by atoms with Crippen LogP contribution in [0, 0.1) is 5.41 Å². The minimum absolute atomic E-state index is 0.0786. The Balaban J connectivity index is 1.67. The number of amides is 2. The van der Waals surface area contributed by atoms with Gasteiger partial charge in [0, 0.05) is 30.8 Å². The first kappa shape index (κ1) is 28.8. The largest absolute Gasteiger partial charge is 0.478 e. The maximum absolute atomic E-state index is 13.1. The first-order valence-corrected chi connectivity index (χ1v) is 12.5. The molecule has 2 aromatic carbocycles. The number of carbonyl (C=O) groups is 3. The molecule has 6 N–H and O–H groups in total. The summed E-state index contributed by atoms with van der Waals surface area (Å²) in [7, 11) is 5.59. The Kier molecular flexibility index (Phi) is 8.33. The molecule has 14 heteroatoms. The Labute approximate surface area is 235 Å². The highest BCUT2D eigenvalue weighted by Gasteiger charge is 2.25. The van der Waals surface area contributed by atoms with Crippen LogP contribution in [0.25, 0.3) is 0 Å². The van der Waals surface area contributed by atoms with Crippen molar-refractivity contribution < 1.29 is 29.0 Å². The van der Waals surface area contributed by atoms with Gasteiger partial charge >= 0.3 is 12.0 Å². The smallest absolute Gasteiger partial charge is 0.339 e. The molecule has 214 valence electrons. The van der Waals surface area contributed by atoms with E-state index in [1.54, 1.807) is 36.2 Å². The first-order valence-electron chi connectivity index (χ1n) is 12.5. The topological polar surface area (TPSA) is 196 Å². The third-order valence-corrected chi connectivity index (χ3v) is 6.32. The number of nitrogens with zero attached hydrogens (tertiary/aromatic N) is 4. The van der Waals surface area contributed by atoms with Gasteiger partial charge in [-0.3, -0.25) is 15.0 Å². The van der Waals surface area contributed by atoms with Crippen molar-refractivity contribution in [2.45, 2.75) is 13.0 Å². The fraction of sp³-hybridized carbons (Fsp3) is 0.259. The van der Waals surface area contributed by atoms with Crippen molar-refractivity contribution in [1.82, 2.24) is 19.8 Å². The summed E-state index contributed by atoms with van der Waals surface area (Å²) in [5.41, 5.74) is 6.09. The molecule has 0 fully saturated rings. The summed E-state index contributed by atoms with van der Waals surface area (Å²) in [5.74, 6) is -1.97. The predicted octanol–water partition coefficient (Wildman–Crippen LogP) is 2.43. The number of benzene rings is 2. The number of hydrogen-bond donors (Lipinski definition) is 5. The molecule has 2 heterocycles. The lowest BCUT2D eigenvalue weighted by molar-refractivity contribution is -0.114. The van der Waals surface area contributed by atoms with Crippen LogP contribution in [0.2, 0.25) is 0 Å². The number of fused-ring (bicyclic) bond motifs is 1. The van der Waals surface area contributed by atoms with Crippen LogP contribution in [0.1, 0.15) is 33.2 Å². The third kappa shape index (κ3) is 6.67. The number of likely N-dealkylation sites (N-methyl/N-ethyl adjacent to an activating group) is 2. The Morgan fingerprint density at radius 1 is 1.12 bits per heavy atom. The second-order valence-electron chi connectivity index (χ2n) is 9.60. The quantitative estimate of drug-likeness (QED) is 0.180. The van der Waals surface area contributed by atoms with Crippen molar-refractivity contribution in [2.75, 3.05) is 44.9 Å². The van der Waals surface area contributed by atoms with Crippen LogP contribution in [0.5, 0.6) is 23.4 Å². The number of amidine groups is 1. The Bertz CT molecular complexity index is 1530. The van der Waals surface area contributed by atoms with Crippen LogP contribution in [0.4, 0.5) is 11.5 Å². The van der Waals surface area contributed by atoms with Gasteiger partial charge in [0.1, 0.15) is 28.6 Å². The molecule has 0 bridgehead atoms. The van der Waals surface area contributed by atoms with Gasteiger partial charge in [0.2, 0.25) is 5.91 Å². The molecule has 1 aromatic heterocycles. The van der Waals surface area contributed by atoms with Gasteiger partial charge in [0.05, 0.1) is 6.54 Å². The van der Waals surface area contributed by atoms with Gasteiger partial charge in [-0.2, -0.15) is 9.97 Å². The molecule has 1 atom stereocenters. The van der Waals surface area contributed by atoms with Gasteiger partial charge in [0.25, 0.3) is 11.8 Å². The predicted molar refractivity (Wildman–Crippen MR) is 150 cm³/mol. The molecule has 1 aliphatic heterocycles. The zero-order valence-corrected chi connectivity index (χ0v) is 22.9. The highest BCUT2D eigenvalue weighted by atomic mass is 16.5. The zero-order chi connectivity index (χ0) is 29.8. The van der Waals surface area contributed by atoms with Gasteiger partial charge in [-0.15, -0.1) is 0 Å². The zero-order valence-electron chi connectivity index (χ0n) is 22.9. The molecule has 0 spiro atoms. The molecule has 1 unspecified atom stereocenters. The Morgan fingerprint density at radius 3 is 2.56 bits per heavy atom. The van der Waals surface area contributed by atoms with Crippen LogP contribution < -0.4 is 25.8 Å². The molecule has 3 aromatic rings. The summed E-state index contributed by atoms with van der Waals surface area (Å²) >= 11 is 0. The van der Waals surface area contributed by atoms with Crippen LogP contribution in [0.15, 0.2) is 42.5 Å². The number of anilines is 2. The van der Waals surface area contributed by atoms with E-state index in [1.807, 2.05) is 25.9 Å². The summed E-state index contributed by atoms with van der Waals surface area (Å²) in [6.45, 7) is 2.45. The van der Waals surface area contributed by atoms with Crippen molar-refractivity contribution in [3.63, 3.8) is 0 Å². The summed E-state index contributed by atoms with van der Waals surface area (Å²) in [4.78, 5) is 49.1. The third-order valence-electron chi connectivity index (χ3n) is 6.32. The van der Waals surface area contributed by atoms with Crippen molar-refractivity contribution >= 4 is 35.1 Å². The molecule has 0 saturated carbocycles. The van der Waals surface area contributed by atoms with E-state index in [0.717, 1.165) is 0 Å². The fourth-order valence-corrected chi connectivity index (χ4v) is 3.84.